The summed E-state index contributed by atoms with van der Waals surface area (Å²) in [6.45, 7) is 2.61. The summed E-state index contributed by atoms with van der Waals surface area (Å²) in [6, 6.07) is 7.18. The van der Waals surface area contributed by atoms with Gasteiger partial charge in [-0.15, -0.1) is 0 Å². The lowest BCUT2D eigenvalue weighted by molar-refractivity contribution is 0.568. The second-order valence-corrected chi connectivity index (χ2v) is 3.72. The van der Waals surface area contributed by atoms with Gasteiger partial charge in [0.1, 0.15) is 5.82 Å². The molecule has 0 aliphatic rings. The summed E-state index contributed by atoms with van der Waals surface area (Å²) in [5.41, 5.74) is 7.64. The number of halogens is 1. The van der Waals surface area contributed by atoms with Crippen molar-refractivity contribution in [3.05, 3.63) is 53.1 Å². The molecule has 0 saturated carbocycles. The van der Waals surface area contributed by atoms with Crippen molar-refractivity contribution in [2.24, 2.45) is 5.73 Å². The van der Waals surface area contributed by atoms with Crippen LogP contribution >= 0.6 is 0 Å². The highest BCUT2D eigenvalue weighted by molar-refractivity contribution is 5.26. The van der Waals surface area contributed by atoms with Crippen molar-refractivity contribution >= 4 is 0 Å². The largest absolute Gasteiger partial charge is 0.326 e. The number of nitrogens with two attached hydrogens (primary N) is 1. The van der Waals surface area contributed by atoms with Crippen molar-refractivity contribution in [3.63, 3.8) is 0 Å². The van der Waals surface area contributed by atoms with E-state index in [1.807, 2.05) is 19.1 Å². The number of rotatable bonds is 3. The molecule has 0 unspecified atom stereocenters. The van der Waals surface area contributed by atoms with E-state index in [4.69, 9.17) is 5.73 Å². The van der Waals surface area contributed by atoms with Gasteiger partial charge in [-0.2, -0.15) is 5.10 Å². The van der Waals surface area contributed by atoms with Gasteiger partial charge in [-0.05, 0) is 13.0 Å². The maximum absolute atomic E-state index is 13.9. The molecule has 0 fully saturated rings. The van der Waals surface area contributed by atoms with Crippen LogP contribution in [0.3, 0.4) is 0 Å². The molecule has 0 saturated heterocycles. The maximum Gasteiger partial charge on any atom is 0.132 e. The van der Waals surface area contributed by atoms with E-state index in [1.54, 1.807) is 23.0 Å². The molecule has 2 aromatic rings. The van der Waals surface area contributed by atoms with Gasteiger partial charge < -0.3 is 5.73 Å². The highest BCUT2D eigenvalue weighted by Gasteiger charge is 2.08. The lowest BCUT2D eigenvalue weighted by Crippen LogP contribution is -2.08. The summed E-state index contributed by atoms with van der Waals surface area (Å²) in [6.07, 6.45) is 1.71. The summed E-state index contributed by atoms with van der Waals surface area (Å²) < 4.78 is 15.6. The Balaban J connectivity index is 2.32. The first-order valence-corrected chi connectivity index (χ1v) is 5.17. The van der Waals surface area contributed by atoms with Crippen molar-refractivity contribution in [2.75, 3.05) is 0 Å². The minimum absolute atomic E-state index is 0.220. The molecule has 3 nitrogen and oxygen atoms in total. The molecule has 2 N–H and O–H groups in total. The van der Waals surface area contributed by atoms with Gasteiger partial charge in [0.05, 0.1) is 6.54 Å². The quantitative estimate of drug-likeness (QED) is 0.856. The molecule has 0 aliphatic heterocycles. The SMILES string of the molecule is Cc1ccnn1Cc1cccc(CN)c1F. The second-order valence-electron chi connectivity index (χ2n) is 3.72. The van der Waals surface area contributed by atoms with Crippen LogP contribution in [-0.4, -0.2) is 9.78 Å². The molecule has 0 atom stereocenters. The normalized spacial score (nSPS) is 10.7. The first kappa shape index (κ1) is 10.8. The zero-order chi connectivity index (χ0) is 11.5. The van der Waals surface area contributed by atoms with Gasteiger partial charge in [-0.25, -0.2) is 4.39 Å². The predicted molar refractivity (Wildman–Crippen MR) is 60.4 cm³/mol. The van der Waals surface area contributed by atoms with Crippen molar-refractivity contribution in [1.29, 1.82) is 0 Å². The molecule has 84 valence electrons. The van der Waals surface area contributed by atoms with E-state index in [1.165, 1.54) is 0 Å². The van der Waals surface area contributed by atoms with Crippen LogP contribution in [0.5, 0.6) is 0 Å². The number of nitrogens with zero attached hydrogens (tertiary/aromatic N) is 2. The molecule has 0 amide bonds. The van der Waals surface area contributed by atoms with Crippen LogP contribution in [0.25, 0.3) is 0 Å². The van der Waals surface area contributed by atoms with Crippen molar-refractivity contribution < 1.29 is 4.39 Å². The average molecular weight is 219 g/mol. The van der Waals surface area contributed by atoms with Crippen molar-refractivity contribution in [1.82, 2.24) is 9.78 Å². The van der Waals surface area contributed by atoms with Crippen LogP contribution in [0.4, 0.5) is 4.39 Å². The van der Waals surface area contributed by atoms with Gasteiger partial charge in [-0.3, -0.25) is 4.68 Å². The number of hydrogen-bond donors (Lipinski definition) is 1. The number of benzene rings is 1. The fraction of sp³-hybridized carbons (Fsp3) is 0.250. The molecule has 16 heavy (non-hydrogen) atoms. The standard InChI is InChI=1S/C12H14FN3/c1-9-5-6-15-16(9)8-11-4-2-3-10(7-14)12(11)13/h2-6H,7-8,14H2,1H3. The first-order valence-electron chi connectivity index (χ1n) is 5.17. The Hall–Kier alpha value is -1.68. The highest BCUT2D eigenvalue weighted by Crippen LogP contribution is 2.14. The Morgan fingerprint density at radius 1 is 1.31 bits per heavy atom. The van der Waals surface area contributed by atoms with Gasteiger partial charge in [-0.1, -0.05) is 18.2 Å². The predicted octanol–water partition coefficient (Wildman–Crippen LogP) is 1.84. The third kappa shape index (κ3) is 1.97. The summed E-state index contributed by atoms with van der Waals surface area (Å²) in [4.78, 5) is 0. The van der Waals surface area contributed by atoms with Crippen LogP contribution in [0.2, 0.25) is 0 Å². The van der Waals surface area contributed by atoms with Crippen molar-refractivity contribution in [3.8, 4) is 0 Å². The second kappa shape index (κ2) is 4.45. The first-order chi connectivity index (χ1) is 7.72. The summed E-state index contributed by atoms with van der Waals surface area (Å²) in [5.74, 6) is -0.222. The summed E-state index contributed by atoms with van der Waals surface area (Å²) in [5, 5.41) is 4.13. The minimum Gasteiger partial charge on any atom is -0.326 e. The molecule has 1 aromatic heterocycles. The van der Waals surface area contributed by atoms with E-state index < -0.39 is 0 Å². The molecule has 0 bridgehead atoms. The minimum atomic E-state index is -0.222. The van der Waals surface area contributed by atoms with E-state index in [2.05, 4.69) is 5.10 Å². The van der Waals surface area contributed by atoms with Crippen LogP contribution in [0.15, 0.2) is 30.5 Å². The van der Waals surface area contributed by atoms with Crippen LogP contribution in [0.1, 0.15) is 16.8 Å². The lowest BCUT2D eigenvalue weighted by atomic mass is 10.1. The van der Waals surface area contributed by atoms with Crippen molar-refractivity contribution in [2.45, 2.75) is 20.0 Å². The average Bonchev–Trinajstić information content (AvgIpc) is 2.68. The lowest BCUT2D eigenvalue weighted by Gasteiger charge is -2.08. The molecule has 0 aliphatic carbocycles. The van der Waals surface area contributed by atoms with Gasteiger partial charge in [0, 0.05) is 29.6 Å². The third-order valence-electron chi connectivity index (χ3n) is 2.63. The van der Waals surface area contributed by atoms with Crippen LogP contribution in [0, 0.1) is 12.7 Å². The fourth-order valence-electron chi connectivity index (χ4n) is 1.64. The van der Waals surface area contributed by atoms with Gasteiger partial charge in [0.25, 0.3) is 0 Å². The van der Waals surface area contributed by atoms with E-state index in [0.29, 0.717) is 17.7 Å². The summed E-state index contributed by atoms with van der Waals surface area (Å²) in [7, 11) is 0. The molecular formula is C12H14FN3. The third-order valence-corrected chi connectivity index (χ3v) is 2.63. The number of aryl methyl sites for hydroxylation is 1. The summed E-state index contributed by atoms with van der Waals surface area (Å²) >= 11 is 0. The van der Waals surface area contributed by atoms with Gasteiger partial charge in [0.15, 0.2) is 0 Å². The fourth-order valence-corrected chi connectivity index (χ4v) is 1.64. The van der Waals surface area contributed by atoms with E-state index in [9.17, 15) is 4.39 Å². The Bertz CT molecular complexity index is 491. The van der Waals surface area contributed by atoms with Crippen LogP contribution in [-0.2, 0) is 13.1 Å². The molecule has 0 spiro atoms. The van der Waals surface area contributed by atoms with E-state index in [0.717, 1.165) is 5.69 Å². The molecule has 0 radical (unpaired) electrons. The van der Waals surface area contributed by atoms with E-state index in [-0.39, 0.29) is 12.4 Å². The van der Waals surface area contributed by atoms with Gasteiger partial charge in [0.2, 0.25) is 0 Å². The monoisotopic (exact) mass is 219 g/mol. The number of aromatic nitrogens is 2. The Morgan fingerprint density at radius 2 is 2.06 bits per heavy atom. The Morgan fingerprint density at radius 3 is 2.69 bits per heavy atom. The highest BCUT2D eigenvalue weighted by atomic mass is 19.1. The molecule has 1 heterocycles. The zero-order valence-electron chi connectivity index (χ0n) is 9.15. The molecule has 1 aromatic carbocycles. The Labute approximate surface area is 93.7 Å². The maximum atomic E-state index is 13.9. The zero-order valence-corrected chi connectivity index (χ0v) is 9.15. The molecule has 4 heteroatoms. The smallest absolute Gasteiger partial charge is 0.132 e. The van der Waals surface area contributed by atoms with E-state index >= 15 is 0 Å². The number of hydrogen-bond acceptors (Lipinski definition) is 2. The molecular weight excluding hydrogens is 205 g/mol. The van der Waals surface area contributed by atoms with Crippen LogP contribution < -0.4 is 5.73 Å². The Kier molecular flexibility index (Phi) is 3.01. The van der Waals surface area contributed by atoms with Gasteiger partial charge >= 0.3 is 0 Å². The molecule has 2 rings (SSSR count). The topological polar surface area (TPSA) is 43.8 Å².